The fraction of sp³-hybridized carbons (Fsp3) is 0.974. The maximum atomic E-state index is 12.1. The van der Waals surface area contributed by atoms with Gasteiger partial charge >= 0.3 is 5.97 Å². The van der Waals surface area contributed by atoms with Crippen LogP contribution in [0.1, 0.15) is 103 Å². The van der Waals surface area contributed by atoms with Crippen molar-refractivity contribution in [2.45, 2.75) is 164 Å². The Hall–Kier alpha value is -0.930. The van der Waals surface area contributed by atoms with E-state index < -0.39 is 5.97 Å². The van der Waals surface area contributed by atoms with Gasteiger partial charge in [-0.2, -0.15) is 0 Å². The van der Waals surface area contributed by atoms with Crippen molar-refractivity contribution in [1.82, 2.24) is 42.5 Å². The summed E-state index contributed by atoms with van der Waals surface area (Å²) in [5, 5.41) is 43.6. The first-order valence-electron chi connectivity index (χ1n) is 21.4. The summed E-state index contributed by atoms with van der Waals surface area (Å²) in [5.41, 5.74) is 0. The van der Waals surface area contributed by atoms with Gasteiger partial charge in [0.1, 0.15) is 12.6 Å². The van der Waals surface area contributed by atoms with Gasteiger partial charge in [0.15, 0.2) is 0 Å². The summed E-state index contributed by atoms with van der Waals surface area (Å²) in [6.45, 7) is 0.691. The number of fused-ring (bicyclic) bond motifs is 20. The average molecular weight is 713 g/mol. The molecule has 9 fully saturated rings. The average Bonchev–Trinajstić information content (AvgIpc) is 3.83. The van der Waals surface area contributed by atoms with Gasteiger partial charge in [0, 0.05) is 5.92 Å². The van der Waals surface area contributed by atoms with Crippen LogP contribution in [0.3, 0.4) is 0 Å². The molecule has 8 bridgehead atoms. The molecule has 9 aliphatic rings. The summed E-state index contributed by atoms with van der Waals surface area (Å²) in [4.78, 5) is 12.1. The van der Waals surface area contributed by atoms with Crippen LogP contribution in [0, 0.1) is 47.3 Å². The third kappa shape index (κ3) is 7.18. The minimum atomic E-state index is -0.769. The zero-order chi connectivity index (χ0) is 34.9. The van der Waals surface area contributed by atoms with Crippen LogP contribution >= 0.6 is 0 Å². The van der Waals surface area contributed by atoms with E-state index in [1.807, 2.05) is 0 Å². The van der Waals surface area contributed by atoms with E-state index in [4.69, 9.17) is 4.74 Å². The van der Waals surface area contributed by atoms with Crippen LogP contribution in [-0.2, 0) is 9.53 Å². The molecule has 0 amide bonds. The fourth-order valence-corrected chi connectivity index (χ4v) is 13.4. The van der Waals surface area contributed by atoms with E-state index in [2.05, 4.69) is 63.7 Å². The van der Waals surface area contributed by atoms with Crippen molar-refractivity contribution < 1.29 is 19.1 Å². The molecular weight excluding hydrogens is 642 g/mol. The number of hydrogen-bond donors (Lipinski definition) is 9. The van der Waals surface area contributed by atoms with Crippen LogP contribution in [0.15, 0.2) is 0 Å². The highest BCUT2D eigenvalue weighted by atomic mass is 16.5. The minimum Gasteiger partial charge on any atom is -0.481 e. The highest BCUT2D eigenvalue weighted by Crippen LogP contribution is 2.46. The number of carbonyl (C=O) groups is 1. The molecule has 4 aliphatic carbocycles. The van der Waals surface area contributed by atoms with Crippen molar-refractivity contribution in [2.75, 3.05) is 27.7 Å². The van der Waals surface area contributed by atoms with Crippen molar-refractivity contribution in [3.05, 3.63) is 0 Å². The Morgan fingerprint density at radius 3 is 1.22 bits per heavy atom. The molecule has 0 aromatic rings. The van der Waals surface area contributed by atoms with E-state index in [1.165, 1.54) is 83.5 Å². The summed E-state index contributed by atoms with van der Waals surface area (Å²) in [5.74, 6) is 3.75. The Kier molecular flexibility index (Phi) is 10.2. The Labute approximate surface area is 306 Å². The lowest BCUT2D eigenvalue weighted by molar-refractivity contribution is -0.873. The number of carboxylic acids is 1. The first-order valence-corrected chi connectivity index (χ1v) is 21.4. The van der Waals surface area contributed by atoms with E-state index in [0.29, 0.717) is 77.1 Å². The molecule has 288 valence electrons. The lowest BCUT2D eigenvalue weighted by Crippen LogP contribution is -2.62. The third-order valence-electron chi connectivity index (χ3n) is 15.4. The molecule has 0 aromatic heterocycles. The molecule has 9 rings (SSSR count). The van der Waals surface area contributed by atoms with Gasteiger partial charge in [0.2, 0.25) is 0 Å². The van der Waals surface area contributed by atoms with Gasteiger partial charge in [-0.15, -0.1) is 0 Å². The van der Waals surface area contributed by atoms with Crippen molar-refractivity contribution in [1.29, 1.82) is 0 Å². The molecule has 12 nitrogen and oxygen atoms in total. The third-order valence-corrected chi connectivity index (χ3v) is 15.4. The molecule has 4 saturated carbocycles. The number of aliphatic carboxylic acids is 1. The SMILES string of the molecule is C[N+](C)(C)C[C@@H](CC(=O)O)OC1CCCC2C3NC4NC(NC5NC(NC6NC(NC(N3)C12)C1CCCCC61)C1CCCCC51)C1CCCCC41. The Bertz CT molecular complexity index is 1230. The van der Waals surface area contributed by atoms with Crippen LogP contribution in [0.4, 0.5) is 0 Å². The number of nitrogens with one attached hydrogen (secondary N) is 8. The molecule has 0 radical (unpaired) electrons. The zero-order valence-corrected chi connectivity index (χ0v) is 31.6. The van der Waals surface area contributed by atoms with Crippen molar-refractivity contribution in [3.63, 3.8) is 0 Å². The smallest absolute Gasteiger partial charge is 0.306 e. The molecule has 0 aromatic carbocycles. The maximum Gasteiger partial charge on any atom is 0.306 e. The molecule has 17 unspecified atom stereocenters. The Balaban J connectivity index is 1.04. The van der Waals surface area contributed by atoms with Gasteiger partial charge < -0.3 is 14.3 Å². The lowest BCUT2D eigenvalue weighted by Gasteiger charge is -2.41. The van der Waals surface area contributed by atoms with E-state index in [-0.39, 0.29) is 49.2 Å². The molecule has 51 heavy (non-hydrogen) atoms. The number of nitrogens with zero attached hydrogens (tertiary/aromatic N) is 1. The standard InChI is InChI=1S/C39H69N9O3/c1-48(2,3)20-21(19-30(49)50)51-29-18-10-17-28-31(29)39-46-37-27-16-9-8-15-26(27)35(44-37)42-33-23-12-5-4-11-22(23)32(40-33)41-34-24-13-6-7-14-25(24)36(43-34)45-38(28)47-39/h21-29,31-47H,4-20H2,1-3H3/p+1/t21-,22?,23?,24?,25?,26?,27?,28?,29?,31?,32?,33?,34?,35?,36?,37?,38?,39?/m1/s1. The van der Waals surface area contributed by atoms with Gasteiger partial charge in [-0.05, 0) is 92.8 Å². The van der Waals surface area contributed by atoms with Gasteiger partial charge in [-0.1, -0.05) is 44.9 Å². The van der Waals surface area contributed by atoms with E-state index in [1.54, 1.807) is 0 Å². The highest BCUT2D eigenvalue weighted by Gasteiger charge is 2.56. The fourth-order valence-electron chi connectivity index (χ4n) is 13.4. The van der Waals surface area contributed by atoms with E-state index >= 15 is 0 Å². The van der Waals surface area contributed by atoms with Crippen LogP contribution in [0.2, 0.25) is 0 Å². The Morgan fingerprint density at radius 2 is 0.863 bits per heavy atom. The summed E-state index contributed by atoms with van der Waals surface area (Å²) in [7, 11) is 6.42. The summed E-state index contributed by atoms with van der Waals surface area (Å²) < 4.78 is 7.70. The first-order chi connectivity index (χ1) is 24.7. The van der Waals surface area contributed by atoms with Crippen LogP contribution < -0.4 is 42.5 Å². The van der Waals surface area contributed by atoms with Gasteiger partial charge in [-0.3, -0.25) is 47.3 Å². The second kappa shape index (κ2) is 14.6. The second-order valence-corrected chi connectivity index (χ2v) is 19.5. The molecule has 5 saturated heterocycles. The molecule has 12 heteroatoms. The van der Waals surface area contributed by atoms with E-state index in [0.717, 1.165) is 12.8 Å². The van der Waals surface area contributed by atoms with Crippen LogP contribution in [-0.4, -0.2) is 105 Å². The topological polar surface area (TPSA) is 143 Å². The minimum absolute atomic E-state index is 0.0209. The predicted molar refractivity (Wildman–Crippen MR) is 196 cm³/mol. The number of ether oxygens (including phenoxy) is 1. The maximum absolute atomic E-state index is 12.1. The van der Waals surface area contributed by atoms with Crippen LogP contribution in [0.25, 0.3) is 0 Å². The van der Waals surface area contributed by atoms with Gasteiger partial charge in [0.25, 0.3) is 0 Å². The van der Waals surface area contributed by atoms with Crippen LogP contribution in [0.5, 0.6) is 0 Å². The molecular formula is C39H70N9O3+. The first kappa shape index (κ1) is 35.8. The number of carboxylic acid groups (broad SMARTS) is 1. The molecule has 0 spiro atoms. The number of likely N-dealkylation sites (N-methyl/N-ethyl adjacent to an activating group) is 1. The molecule has 18 atom stereocenters. The number of quaternary nitrogens is 1. The summed E-state index contributed by atoms with van der Waals surface area (Å²) in [6, 6.07) is 0. The largest absolute Gasteiger partial charge is 0.481 e. The zero-order valence-electron chi connectivity index (χ0n) is 31.6. The highest BCUT2D eigenvalue weighted by molar-refractivity contribution is 5.67. The molecule has 5 aliphatic heterocycles. The quantitative estimate of drug-likeness (QED) is 0.187. The van der Waals surface area contributed by atoms with Gasteiger partial charge in [-0.25, -0.2) is 0 Å². The second-order valence-electron chi connectivity index (χ2n) is 19.5. The Morgan fingerprint density at radius 1 is 0.529 bits per heavy atom. The van der Waals surface area contributed by atoms with Crippen molar-refractivity contribution >= 4 is 5.97 Å². The molecule has 9 N–H and O–H groups in total. The number of rotatable bonds is 6. The molecule has 5 heterocycles. The van der Waals surface area contributed by atoms with Crippen molar-refractivity contribution in [2.24, 2.45) is 47.3 Å². The van der Waals surface area contributed by atoms with Gasteiger partial charge in [0.05, 0.1) is 83.0 Å². The summed E-state index contributed by atoms with van der Waals surface area (Å²) >= 11 is 0. The van der Waals surface area contributed by atoms with E-state index in [9.17, 15) is 9.90 Å². The number of hydrogen-bond acceptors (Lipinski definition) is 10. The normalized spacial score (nSPS) is 50.1. The summed E-state index contributed by atoms with van der Waals surface area (Å²) in [6.07, 6.45) is 20.9. The lowest BCUT2D eigenvalue weighted by atomic mass is 9.75. The predicted octanol–water partition coefficient (Wildman–Crippen LogP) is 2.15. The van der Waals surface area contributed by atoms with Crippen molar-refractivity contribution in [3.8, 4) is 0 Å². The monoisotopic (exact) mass is 713 g/mol.